The third-order valence-corrected chi connectivity index (χ3v) is 2.74. The Bertz CT molecular complexity index is 385. The molecule has 0 unspecified atom stereocenters. The van der Waals surface area contributed by atoms with Gasteiger partial charge in [0.25, 0.3) is 0 Å². The second-order valence-corrected chi connectivity index (χ2v) is 3.57. The molecular weight excluding hydrogens is 178 g/mol. The van der Waals surface area contributed by atoms with Gasteiger partial charge < -0.3 is 10.8 Å². The van der Waals surface area contributed by atoms with Crippen LogP contribution >= 0.6 is 0 Å². The summed E-state index contributed by atoms with van der Waals surface area (Å²) in [6, 6.07) is 3.26. The number of phenolic OH excluding ortho intramolecular Hbond substituents is 1. The lowest BCUT2D eigenvalue weighted by atomic mass is 9.87. The molecule has 0 atom stereocenters. The minimum Gasteiger partial charge on any atom is -0.508 e. The Morgan fingerprint density at radius 1 is 1.36 bits per heavy atom. The first-order valence-corrected chi connectivity index (χ1v) is 4.81. The molecule has 1 aliphatic carbocycles. The molecule has 0 amide bonds. The topological polar surface area (TPSA) is 63.3 Å². The highest BCUT2D eigenvalue weighted by Gasteiger charge is 2.20. The summed E-state index contributed by atoms with van der Waals surface area (Å²) >= 11 is 0. The summed E-state index contributed by atoms with van der Waals surface area (Å²) in [6.07, 6.45) is 2.33. The second-order valence-electron chi connectivity index (χ2n) is 3.57. The Morgan fingerprint density at radius 3 is 2.86 bits per heavy atom. The summed E-state index contributed by atoms with van der Waals surface area (Å²) in [5.74, 6) is 0.377. The van der Waals surface area contributed by atoms with E-state index in [1.54, 1.807) is 12.1 Å². The van der Waals surface area contributed by atoms with Crippen LogP contribution in [0.15, 0.2) is 12.1 Å². The van der Waals surface area contributed by atoms with Crippen LogP contribution in [0, 0.1) is 0 Å². The standard InChI is InChI=1S/C11H13NO2/c12-6-9-7-2-1-3-10(13)8(7)4-5-11(9)14/h4-5,14H,1-3,6,12H2. The van der Waals surface area contributed by atoms with E-state index in [2.05, 4.69) is 0 Å². The van der Waals surface area contributed by atoms with Gasteiger partial charge in [0, 0.05) is 24.1 Å². The van der Waals surface area contributed by atoms with Gasteiger partial charge >= 0.3 is 0 Å². The van der Waals surface area contributed by atoms with E-state index in [0.717, 1.165) is 29.5 Å². The van der Waals surface area contributed by atoms with Crippen molar-refractivity contribution in [2.45, 2.75) is 25.8 Å². The predicted octanol–water partition coefficient (Wildman–Crippen LogP) is 1.37. The van der Waals surface area contributed by atoms with Gasteiger partial charge in [-0.15, -0.1) is 0 Å². The fourth-order valence-corrected chi connectivity index (χ4v) is 2.02. The minimum absolute atomic E-state index is 0.168. The van der Waals surface area contributed by atoms with Crippen molar-refractivity contribution in [3.05, 3.63) is 28.8 Å². The molecular formula is C11H13NO2. The molecule has 0 aliphatic heterocycles. The van der Waals surface area contributed by atoms with E-state index < -0.39 is 0 Å². The number of nitrogens with two attached hydrogens (primary N) is 1. The number of hydrogen-bond acceptors (Lipinski definition) is 3. The van der Waals surface area contributed by atoms with Crippen LogP contribution in [0.25, 0.3) is 0 Å². The normalized spacial score (nSPS) is 15.4. The number of benzene rings is 1. The Hall–Kier alpha value is -1.35. The maximum Gasteiger partial charge on any atom is 0.163 e. The van der Waals surface area contributed by atoms with Crippen LogP contribution in [0.1, 0.15) is 34.3 Å². The minimum atomic E-state index is 0.168. The van der Waals surface area contributed by atoms with Gasteiger partial charge in [-0.3, -0.25) is 4.79 Å². The number of rotatable bonds is 1. The molecule has 0 aromatic heterocycles. The molecule has 1 aromatic carbocycles. The van der Waals surface area contributed by atoms with Gasteiger partial charge in [0.05, 0.1) is 0 Å². The van der Waals surface area contributed by atoms with Gasteiger partial charge in [-0.05, 0) is 30.5 Å². The third kappa shape index (κ3) is 1.30. The SMILES string of the molecule is NCc1c(O)ccc2c1CCCC2=O. The Kier molecular flexibility index (Phi) is 2.25. The van der Waals surface area contributed by atoms with Gasteiger partial charge in [0.2, 0.25) is 0 Å². The highest BCUT2D eigenvalue weighted by Crippen LogP contribution is 2.29. The van der Waals surface area contributed by atoms with Crippen molar-refractivity contribution in [3.63, 3.8) is 0 Å². The van der Waals surface area contributed by atoms with Gasteiger partial charge in [-0.1, -0.05) is 0 Å². The van der Waals surface area contributed by atoms with E-state index >= 15 is 0 Å². The molecule has 0 heterocycles. The lowest BCUT2D eigenvalue weighted by molar-refractivity contribution is 0.0972. The average molecular weight is 191 g/mol. The van der Waals surface area contributed by atoms with Crippen LogP contribution in [-0.2, 0) is 13.0 Å². The number of hydrogen-bond donors (Lipinski definition) is 2. The first kappa shape index (κ1) is 9.21. The van der Waals surface area contributed by atoms with Crippen LogP contribution in [0.5, 0.6) is 5.75 Å². The summed E-state index contributed by atoms with van der Waals surface area (Å²) in [5.41, 5.74) is 7.97. The molecule has 0 spiro atoms. The summed E-state index contributed by atoms with van der Waals surface area (Å²) < 4.78 is 0. The number of aromatic hydroxyl groups is 1. The molecule has 0 saturated heterocycles. The van der Waals surface area contributed by atoms with Gasteiger partial charge in [-0.25, -0.2) is 0 Å². The molecule has 0 fully saturated rings. The summed E-state index contributed by atoms with van der Waals surface area (Å²) in [5, 5.41) is 9.56. The van der Waals surface area contributed by atoms with Crippen LogP contribution in [0.3, 0.4) is 0 Å². The quantitative estimate of drug-likeness (QED) is 0.704. The summed E-state index contributed by atoms with van der Waals surface area (Å²) in [6.45, 7) is 0.294. The summed E-state index contributed by atoms with van der Waals surface area (Å²) in [7, 11) is 0. The van der Waals surface area contributed by atoms with Crippen molar-refractivity contribution < 1.29 is 9.90 Å². The number of Topliss-reactive ketones (excluding diaryl/α,β-unsaturated/α-hetero) is 1. The monoisotopic (exact) mass is 191 g/mol. The number of carbonyl (C=O) groups excluding carboxylic acids is 1. The molecule has 1 aromatic rings. The second kappa shape index (κ2) is 3.42. The molecule has 0 bridgehead atoms. The predicted molar refractivity (Wildman–Crippen MR) is 53.3 cm³/mol. The fraction of sp³-hybridized carbons (Fsp3) is 0.364. The molecule has 2 rings (SSSR count). The molecule has 3 heteroatoms. The fourth-order valence-electron chi connectivity index (χ4n) is 2.02. The molecule has 74 valence electrons. The number of phenols is 1. The van der Waals surface area contributed by atoms with Crippen LogP contribution in [0.4, 0.5) is 0 Å². The Labute approximate surface area is 82.5 Å². The van der Waals surface area contributed by atoms with E-state index in [1.165, 1.54) is 0 Å². The van der Waals surface area contributed by atoms with Gasteiger partial charge in [0.15, 0.2) is 5.78 Å². The lowest BCUT2D eigenvalue weighted by Crippen LogP contribution is -2.14. The number of carbonyl (C=O) groups is 1. The number of ketones is 1. The van der Waals surface area contributed by atoms with Crippen molar-refractivity contribution in [1.82, 2.24) is 0 Å². The maximum atomic E-state index is 11.5. The lowest BCUT2D eigenvalue weighted by Gasteiger charge is -2.18. The molecule has 3 N–H and O–H groups in total. The first-order chi connectivity index (χ1) is 6.74. The van der Waals surface area contributed by atoms with E-state index in [4.69, 9.17) is 5.73 Å². The van der Waals surface area contributed by atoms with E-state index in [1.807, 2.05) is 0 Å². The van der Waals surface area contributed by atoms with Gasteiger partial charge in [0.1, 0.15) is 5.75 Å². The van der Waals surface area contributed by atoms with E-state index in [-0.39, 0.29) is 11.5 Å². The van der Waals surface area contributed by atoms with E-state index in [0.29, 0.717) is 13.0 Å². The zero-order valence-electron chi connectivity index (χ0n) is 7.92. The van der Waals surface area contributed by atoms with Crippen LogP contribution in [-0.4, -0.2) is 10.9 Å². The largest absolute Gasteiger partial charge is 0.508 e. The molecule has 1 aliphatic rings. The average Bonchev–Trinajstić information content (AvgIpc) is 2.18. The van der Waals surface area contributed by atoms with Crippen molar-refractivity contribution >= 4 is 5.78 Å². The van der Waals surface area contributed by atoms with Crippen LogP contribution < -0.4 is 5.73 Å². The van der Waals surface area contributed by atoms with E-state index in [9.17, 15) is 9.90 Å². The Morgan fingerprint density at radius 2 is 2.14 bits per heavy atom. The molecule has 0 saturated carbocycles. The highest BCUT2D eigenvalue weighted by molar-refractivity contribution is 5.99. The van der Waals surface area contributed by atoms with Gasteiger partial charge in [-0.2, -0.15) is 0 Å². The van der Waals surface area contributed by atoms with Crippen molar-refractivity contribution in [3.8, 4) is 5.75 Å². The van der Waals surface area contributed by atoms with Crippen LogP contribution in [0.2, 0.25) is 0 Å². The molecule has 14 heavy (non-hydrogen) atoms. The number of fused-ring (bicyclic) bond motifs is 1. The molecule has 3 nitrogen and oxygen atoms in total. The van der Waals surface area contributed by atoms with Crippen molar-refractivity contribution in [2.24, 2.45) is 5.73 Å². The van der Waals surface area contributed by atoms with Crippen molar-refractivity contribution in [2.75, 3.05) is 0 Å². The molecule has 0 radical (unpaired) electrons. The smallest absolute Gasteiger partial charge is 0.163 e. The summed E-state index contributed by atoms with van der Waals surface area (Å²) in [4.78, 5) is 11.5. The zero-order valence-corrected chi connectivity index (χ0v) is 7.92. The Balaban J connectivity index is 2.61. The first-order valence-electron chi connectivity index (χ1n) is 4.81. The van der Waals surface area contributed by atoms with Crippen molar-refractivity contribution in [1.29, 1.82) is 0 Å². The third-order valence-electron chi connectivity index (χ3n) is 2.74. The highest BCUT2D eigenvalue weighted by atomic mass is 16.3. The zero-order chi connectivity index (χ0) is 10.1. The maximum absolute atomic E-state index is 11.5.